The lowest BCUT2D eigenvalue weighted by atomic mass is 10.1. The highest BCUT2D eigenvalue weighted by atomic mass is 79.9. The van der Waals surface area contributed by atoms with Crippen molar-refractivity contribution in [2.45, 2.75) is 0 Å². The molecule has 0 bridgehead atoms. The van der Waals surface area contributed by atoms with Gasteiger partial charge in [-0.1, -0.05) is 46.3 Å². The molecule has 104 valence electrons. The summed E-state index contributed by atoms with van der Waals surface area (Å²) in [5.41, 5.74) is 0.484. The van der Waals surface area contributed by atoms with Gasteiger partial charge in [0.1, 0.15) is 5.75 Å². The zero-order chi connectivity index (χ0) is 14.8. The number of rotatable bonds is 2. The largest absolute Gasteiger partial charge is 0.423 e. The first-order valence-electron chi connectivity index (χ1n) is 6.29. The topological polar surface area (TPSA) is 26.3 Å². The minimum Gasteiger partial charge on any atom is -0.423 e. The lowest BCUT2D eigenvalue weighted by Crippen LogP contribution is -2.09. The number of ether oxygens (including phenoxy) is 1. The third kappa shape index (κ3) is 3.17. The zero-order valence-electron chi connectivity index (χ0n) is 10.8. The van der Waals surface area contributed by atoms with Gasteiger partial charge in [0, 0.05) is 8.95 Å². The predicted octanol–water partition coefficient (Wildman–Crippen LogP) is 5.58. The molecule has 0 radical (unpaired) electrons. The Kier molecular flexibility index (Phi) is 4.08. The Balaban J connectivity index is 1.90. The lowest BCUT2D eigenvalue weighted by Gasteiger charge is -2.07. The molecule has 0 N–H and O–H groups in total. The molecule has 0 heterocycles. The monoisotopic (exact) mass is 404 g/mol. The van der Waals surface area contributed by atoms with Crippen LogP contribution in [0.1, 0.15) is 10.4 Å². The third-order valence-electron chi connectivity index (χ3n) is 3.08. The van der Waals surface area contributed by atoms with Crippen molar-refractivity contribution < 1.29 is 9.53 Å². The van der Waals surface area contributed by atoms with E-state index in [0.29, 0.717) is 15.8 Å². The Labute approximate surface area is 139 Å². The summed E-state index contributed by atoms with van der Waals surface area (Å²) in [6.45, 7) is 0. The molecule has 3 rings (SSSR count). The molecule has 0 aliphatic rings. The van der Waals surface area contributed by atoms with Gasteiger partial charge in [-0.05, 0) is 57.0 Å². The Morgan fingerprint density at radius 3 is 2.43 bits per heavy atom. The summed E-state index contributed by atoms with van der Waals surface area (Å²) in [6, 6.07) is 18.9. The second-order valence-electron chi connectivity index (χ2n) is 4.52. The van der Waals surface area contributed by atoms with E-state index in [9.17, 15) is 4.79 Å². The second kappa shape index (κ2) is 6.00. The maximum atomic E-state index is 12.3. The first-order valence-corrected chi connectivity index (χ1v) is 7.88. The summed E-state index contributed by atoms with van der Waals surface area (Å²) in [7, 11) is 0. The molecule has 0 aromatic heterocycles. The minimum absolute atomic E-state index is 0.390. The van der Waals surface area contributed by atoms with Crippen LogP contribution in [0, 0.1) is 0 Å². The molecule has 3 aromatic carbocycles. The van der Waals surface area contributed by atoms with E-state index in [1.54, 1.807) is 18.2 Å². The smallest absolute Gasteiger partial charge is 0.344 e. The third-order valence-corrected chi connectivity index (χ3v) is 4.26. The van der Waals surface area contributed by atoms with Crippen LogP contribution in [0.5, 0.6) is 5.75 Å². The fraction of sp³-hybridized carbons (Fsp3) is 0. The van der Waals surface area contributed by atoms with Gasteiger partial charge >= 0.3 is 5.97 Å². The van der Waals surface area contributed by atoms with Crippen LogP contribution in [-0.4, -0.2) is 5.97 Å². The number of halogens is 2. The fourth-order valence-electron chi connectivity index (χ4n) is 2.05. The van der Waals surface area contributed by atoms with E-state index < -0.39 is 5.97 Å². The van der Waals surface area contributed by atoms with E-state index in [4.69, 9.17) is 4.74 Å². The number of hydrogen-bond acceptors (Lipinski definition) is 2. The zero-order valence-corrected chi connectivity index (χ0v) is 14.0. The van der Waals surface area contributed by atoms with Crippen molar-refractivity contribution in [2.75, 3.05) is 0 Å². The van der Waals surface area contributed by atoms with Gasteiger partial charge in [-0.25, -0.2) is 4.79 Å². The number of carbonyl (C=O) groups is 1. The van der Waals surface area contributed by atoms with Crippen molar-refractivity contribution in [1.82, 2.24) is 0 Å². The van der Waals surface area contributed by atoms with Crippen molar-refractivity contribution in [3.8, 4) is 5.75 Å². The molecule has 0 fully saturated rings. The summed E-state index contributed by atoms with van der Waals surface area (Å²) in [5.74, 6) is 0.143. The molecular formula is C17H10Br2O2. The highest BCUT2D eigenvalue weighted by Crippen LogP contribution is 2.25. The van der Waals surface area contributed by atoms with E-state index in [1.807, 2.05) is 42.5 Å². The van der Waals surface area contributed by atoms with Crippen molar-refractivity contribution >= 4 is 48.6 Å². The Bertz CT molecular complexity index is 828. The van der Waals surface area contributed by atoms with Gasteiger partial charge in [0.15, 0.2) is 0 Å². The Hall–Kier alpha value is -1.65. The first-order chi connectivity index (χ1) is 10.1. The van der Waals surface area contributed by atoms with Crippen molar-refractivity contribution in [3.05, 3.63) is 75.2 Å². The first kappa shape index (κ1) is 14.3. The number of benzene rings is 3. The summed E-state index contributed by atoms with van der Waals surface area (Å²) < 4.78 is 6.99. The fourth-order valence-corrected chi connectivity index (χ4v) is 2.82. The molecule has 0 saturated heterocycles. The normalized spacial score (nSPS) is 10.6. The molecule has 0 spiro atoms. The van der Waals surface area contributed by atoms with E-state index in [1.165, 1.54) is 0 Å². The molecule has 21 heavy (non-hydrogen) atoms. The van der Waals surface area contributed by atoms with E-state index in [-0.39, 0.29) is 0 Å². The maximum Gasteiger partial charge on any atom is 0.344 e. The molecule has 0 unspecified atom stereocenters. The number of esters is 1. The molecule has 0 saturated carbocycles. The molecular weight excluding hydrogens is 396 g/mol. The standard InChI is InChI=1S/C17H10Br2O2/c18-13-6-8-16(19)15(10-13)17(20)21-14-7-5-11-3-1-2-4-12(11)9-14/h1-10H. The van der Waals surface area contributed by atoms with Crippen molar-refractivity contribution in [2.24, 2.45) is 0 Å². The van der Waals surface area contributed by atoms with Crippen LogP contribution in [0.25, 0.3) is 10.8 Å². The lowest BCUT2D eigenvalue weighted by molar-refractivity contribution is 0.0734. The van der Waals surface area contributed by atoms with Gasteiger partial charge < -0.3 is 4.74 Å². The molecule has 0 aliphatic carbocycles. The van der Waals surface area contributed by atoms with Gasteiger partial charge in [0.2, 0.25) is 0 Å². The van der Waals surface area contributed by atoms with Crippen molar-refractivity contribution in [3.63, 3.8) is 0 Å². The molecule has 0 aliphatic heterocycles. The Morgan fingerprint density at radius 1 is 0.857 bits per heavy atom. The van der Waals surface area contributed by atoms with Crippen molar-refractivity contribution in [1.29, 1.82) is 0 Å². The van der Waals surface area contributed by atoms with Crippen LogP contribution in [0.2, 0.25) is 0 Å². The van der Waals surface area contributed by atoms with E-state index in [2.05, 4.69) is 31.9 Å². The maximum absolute atomic E-state index is 12.3. The second-order valence-corrected chi connectivity index (χ2v) is 6.29. The van der Waals surface area contributed by atoms with E-state index in [0.717, 1.165) is 15.2 Å². The molecule has 0 atom stereocenters. The summed E-state index contributed by atoms with van der Waals surface area (Å²) >= 11 is 6.72. The summed E-state index contributed by atoms with van der Waals surface area (Å²) in [5, 5.41) is 2.15. The van der Waals surface area contributed by atoms with Gasteiger partial charge in [-0.2, -0.15) is 0 Å². The SMILES string of the molecule is O=C(Oc1ccc2ccccc2c1)c1cc(Br)ccc1Br. The van der Waals surface area contributed by atoms with Crippen LogP contribution in [0.15, 0.2) is 69.6 Å². The van der Waals surface area contributed by atoms with Crippen LogP contribution >= 0.6 is 31.9 Å². The quantitative estimate of drug-likeness (QED) is 0.410. The average Bonchev–Trinajstić information content (AvgIpc) is 2.49. The summed E-state index contributed by atoms with van der Waals surface area (Å²) in [6.07, 6.45) is 0. The highest BCUT2D eigenvalue weighted by molar-refractivity contribution is 9.11. The average molecular weight is 406 g/mol. The van der Waals surface area contributed by atoms with Crippen LogP contribution in [-0.2, 0) is 0 Å². The summed E-state index contributed by atoms with van der Waals surface area (Å²) in [4.78, 5) is 12.3. The number of carbonyl (C=O) groups excluding carboxylic acids is 1. The van der Waals surface area contributed by atoms with Gasteiger partial charge in [-0.3, -0.25) is 0 Å². The number of fused-ring (bicyclic) bond motifs is 1. The van der Waals surface area contributed by atoms with Crippen LogP contribution < -0.4 is 4.74 Å². The Morgan fingerprint density at radius 2 is 1.62 bits per heavy atom. The highest BCUT2D eigenvalue weighted by Gasteiger charge is 2.13. The predicted molar refractivity (Wildman–Crippen MR) is 90.7 cm³/mol. The van der Waals surface area contributed by atoms with Gasteiger partial charge in [-0.15, -0.1) is 0 Å². The molecule has 4 heteroatoms. The minimum atomic E-state index is -0.390. The van der Waals surface area contributed by atoms with Crippen LogP contribution in [0.4, 0.5) is 0 Å². The van der Waals surface area contributed by atoms with Gasteiger partial charge in [0.05, 0.1) is 5.56 Å². The number of hydrogen-bond donors (Lipinski definition) is 0. The molecule has 0 amide bonds. The van der Waals surface area contributed by atoms with Gasteiger partial charge in [0.25, 0.3) is 0 Å². The van der Waals surface area contributed by atoms with E-state index >= 15 is 0 Å². The van der Waals surface area contributed by atoms with Crippen LogP contribution in [0.3, 0.4) is 0 Å². The molecule has 2 nitrogen and oxygen atoms in total. The molecule has 3 aromatic rings.